The fraction of sp³-hybridized carbons (Fsp3) is 0.167. The lowest BCUT2D eigenvalue weighted by atomic mass is 10.1. The van der Waals surface area contributed by atoms with Crippen LogP contribution in [0, 0.1) is 5.82 Å². The van der Waals surface area contributed by atoms with Gasteiger partial charge in [0.25, 0.3) is 0 Å². The first-order chi connectivity index (χ1) is 12.5. The van der Waals surface area contributed by atoms with Gasteiger partial charge < -0.3 is 5.84 Å². The standard InChI is InChI=1S/C18H16ClFN4OS/c19-14-7-3-13(4-8-14)17-22-23-18(24(17)21)26-11-1-2-16(25)12-5-9-15(20)10-6-12/h3-10H,1-2,11,21H2. The van der Waals surface area contributed by atoms with Crippen LogP contribution in [0.4, 0.5) is 4.39 Å². The highest BCUT2D eigenvalue weighted by atomic mass is 35.5. The molecule has 0 saturated carbocycles. The van der Waals surface area contributed by atoms with E-state index in [1.807, 2.05) is 12.1 Å². The monoisotopic (exact) mass is 390 g/mol. The van der Waals surface area contributed by atoms with E-state index in [1.54, 1.807) is 12.1 Å². The molecule has 0 saturated heterocycles. The summed E-state index contributed by atoms with van der Waals surface area (Å²) in [5, 5.41) is 9.41. The number of thioether (sulfide) groups is 1. The number of Topliss-reactive ketones (excluding diaryl/α,β-unsaturated/α-hetero) is 1. The number of halogens is 2. The molecule has 0 bridgehead atoms. The van der Waals surface area contributed by atoms with Crippen molar-refractivity contribution in [3.05, 3.63) is 64.9 Å². The minimum Gasteiger partial charge on any atom is -0.335 e. The molecule has 0 aliphatic carbocycles. The van der Waals surface area contributed by atoms with Gasteiger partial charge in [0.1, 0.15) is 5.82 Å². The van der Waals surface area contributed by atoms with E-state index in [2.05, 4.69) is 10.2 Å². The van der Waals surface area contributed by atoms with Crippen LogP contribution in [0.25, 0.3) is 11.4 Å². The first-order valence-corrected chi connectivity index (χ1v) is 9.29. The molecule has 5 nitrogen and oxygen atoms in total. The lowest BCUT2D eigenvalue weighted by molar-refractivity contribution is 0.0982. The average Bonchev–Trinajstić information content (AvgIpc) is 3.00. The van der Waals surface area contributed by atoms with Crippen molar-refractivity contribution in [1.29, 1.82) is 0 Å². The molecule has 3 rings (SSSR count). The molecule has 2 aromatic carbocycles. The van der Waals surface area contributed by atoms with Gasteiger partial charge in [0.05, 0.1) is 0 Å². The number of ketones is 1. The first-order valence-electron chi connectivity index (χ1n) is 7.92. The number of benzene rings is 2. The molecular weight excluding hydrogens is 375 g/mol. The van der Waals surface area contributed by atoms with Crippen LogP contribution in [0.1, 0.15) is 23.2 Å². The second-order valence-corrected chi connectivity index (χ2v) is 7.06. The number of nitrogen functional groups attached to an aromatic ring is 1. The van der Waals surface area contributed by atoms with Crippen LogP contribution >= 0.6 is 23.4 Å². The topological polar surface area (TPSA) is 73.8 Å². The van der Waals surface area contributed by atoms with Crippen LogP contribution in [0.3, 0.4) is 0 Å². The molecular formula is C18H16ClFN4OS. The van der Waals surface area contributed by atoms with Crippen LogP contribution in [0.2, 0.25) is 5.02 Å². The van der Waals surface area contributed by atoms with Crippen molar-refractivity contribution in [1.82, 2.24) is 14.9 Å². The van der Waals surface area contributed by atoms with Crippen molar-refractivity contribution in [2.45, 2.75) is 18.0 Å². The molecule has 0 atom stereocenters. The second-order valence-electron chi connectivity index (χ2n) is 5.57. The summed E-state index contributed by atoms with van der Waals surface area (Å²) in [5.41, 5.74) is 1.34. The fourth-order valence-corrected chi connectivity index (χ4v) is 3.27. The Bertz CT molecular complexity index is 897. The third-order valence-electron chi connectivity index (χ3n) is 3.71. The largest absolute Gasteiger partial charge is 0.335 e. The number of carbonyl (C=O) groups is 1. The van der Waals surface area contributed by atoms with Gasteiger partial charge in [-0.05, 0) is 55.0 Å². The van der Waals surface area contributed by atoms with Gasteiger partial charge in [-0.3, -0.25) is 4.79 Å². The zero-order valence-corrected chi connectivity index (χ0v) is 15.3. The maximum atomic E-state index is 12.9. The molecule has 8 heteroatoms. The summed E-state index contributed by atoms with van der Waals surface area (Å²) in [6.07, 6.45) is 1.03. The van der Waals surface area contributed by atoms with E-state index in [0.29, 0.717) is 40.2 Å². The van der Waals surface area contributed by atoms with Gasteiger partial charge in [-0.2, -0.15) is 0 Å². The van der Waals surface area contributed by atoms with Crippen molar-refractivity contribution < 1.29 is 9.18 Å². The van der Waals surface area contributed by atoms with E-state index in [1.165, 1.54) is 40.7 Å². The number of carbonyl (C=O) groups excluding carboxylic acids is 1. The summed E-state index contributed by atoms with van der Waals surface area (Å²) in [4.78, 5) is 12.1. The zero-order chi connectivity index (χ0) is 18.5. The summed E-state index contributed by atoms with van der Waals surface area (Å²) in [6.45, 7) is 0. The molecule has 1 aromatic heterocycles. The Balaban J connectivity index is 1.53. The molecule has 0 amide bonds. The van der Waals surface area contributed by atoms with E-state index in [0.717, 1.165) is 5.56 Å². The Labute approximate surface area is 159 Å². The van der Waals surface area contributed by atoms with Crippen molar-refractivity contribution in [2.75, 3.05) is 11.6 Å². The highest BCUT2D eigenvalue weighted by molar-refractivity contribution is 7.99. The Morgan fingerprint density at radius 3 is 2.50 bits per heavy atom. The third kappa shape index (κ3) is 4.42. The summed E-state index contributed by atoms with van der Waals surface area (Å²) < 4.78 is 14.3. The molecule has 3 aromatic rings. The lowest BCUT2D eigenvalue weighted by Gasteiger charge is -2.04. The highest BCUT2D eigenvalue weighted by Crippen LogP contribution is 2.23. The van der Waals surface area contributed by atoms with E-state index in [-0.39, 0.29) is 11.6 Å². The van der Waals surface area contributed by atoms with Gasteiger partial charge in [0.15, 0.2) is 11.6 Å². The van der Waals surface area contributed by atoms with Crippen LogP contribution in [0.5, 0.6) is 0 Å². The minimum absolute atomic E-state index is 0.0123. The zero-order valence-electron chi connectivity index (χ0n) is 13.7. The average molecular weight is 391 g/mol. The van der Waals surface area contributed by atoms with Gasteiger partial charge in [-0.1, -0.05) is 23.4 Å². The van der Waals surface area contributed by atoms with Crippen molar-refractivity contribution in [3.8, 4) is 11.4 Å². The molecule has 1 heterocycles. The first kappa shape index (κ1) is 18.4. The van der Waals surface area contributed by atoms with E-state index < -0.39 is 0 Å². The Morgan fingerprint density at radius 1 is 1.12 bits per heavy atom. The third-order valence-corrected chi connectivity index (χ3v) is 4.99. The van der Waals surface area contributed by atoms with Gasteiger partial charge >= 0.3 is 0 Å². The highest BCUT2D eigenvalue weighted by Gasteiger charge is 2.12. The summed E-state index contributed by atoms with van der Waals surface area (Å²) in [5.74, 6) is 6.91. The Kier molecular flexibility index (Phi) is 5.90. The van der Waals surface area contributed by atoms with Crippen molar-refractivity contribution >= 4 is 29.1 Å². The van der Waals surface area contributed by atoms with Crippen LogP contribution in [-0.4, -0.2) is 26.4 Å². The smallest absolute Gasteiger partial charge is 0.210 e. The van der Waals surface area contributed by atoms with E-state index >= 15 is 0 Å². The number of rotatable bonds is 7. The predicted octanol–water partition coefficient (Wildman–Crippen LogP) is 4.21. The Hall–Kier alpha value is -2.38. The van der Waals surface area contributed by atoms with Gasteiger partial charge in [-0.25, -0.2) is 9.07 Å². The molecule has 0 aliphatic rings. The van der Waals surface area contributed by atoms with Crippen LogP contribution in [0.15, 0.2) is 53.7 Å². The molecule has 0 aliphatic heterocycles. The molecule has 0 radical (unpaired) electrons. The Morgan fingerprint density at radius 2 is 1.81 bits per heavy atom. The summed E-state index contributed by atoms with van der Waals surface area (Å²) in [6, 6.07) is 12.8. The number of hydrogen-bond acceptors (Lipinski definition) is 5. The van der Waals surface area contributed by atoms with Gasteiger partial charge in [0, 0.05) is 28.3 Å². The maximum absolute atomic E-state index is 12.9. The number of hydrogen-bond donors (Lipinski definition) is 1. The minimum atomic E-state index is -0.351. The molecule has 0 spiro atoms. The molecule has 0 fully saturated rings. The van der Waals surface area contributed by atoms with Gasteiger partial charge in [-0.15, -0.1) is 10.2 Å². The molecule has 0 unspecified atom stereocenters. The van der Waals surface area contributed by atoms with E-state index in [4.69, 9.17) is 17.4 Å². The number of aromatic nitrogens is 3. The number of nitrogens with zero attached hydrogens (tertiary/aromatic N) is 3. The molecule has 2 N–H and O–H groups in total. The maximum Gasteiger partial charge on any atom is 0.210 e. The second kappa shape index (κ2) is 8.33. The lowest BCUT2D eigenvalue weighted by Crippen LogP contribution is -2.11. The van der Waals surface area contributed by atoms with Crippen molar-refractivity contribution in [2.24, 2.45) is 0 Å². The predicted molar refractivity (Wildman–Crippen MR) is 101 cm³/mol. The van der Waals surface area contributed by atoms with Crippen LogP contribution in [-0.2, 0) is 0 Å². The molecule has 134 valence electrons. The van der Waals surface area contributed by atoms with Crippen molar-refractivity contribution in [3.63, 3.8) is 0 Å². The summed E-state index contributed by atoms with van der Waals surface area (Å²) >= 11 is 7.31. The fourth-order valence-electron chi connectivity index (χ4n) is 2.35. The van der Waals surface area contributed by atoms with Crippen LogP contribution < -0.4 is 5.84 Å². The molecule has 26 heavy (non-hydrogen) atoms. The normalized spacial score (nSPS) is 10.8. The van der Waals surface area contributed by atoms with Gasteiger partial charge in [0.2, 0.25) is 5.16 Å². The SMILES string of the molecule is Nn1c(SCCCC(=O)c2ccc(F)cc2)nnc1-c1ccc(Cl)cc1. The van der Waals surface area contributed by atoms with E-state index in [9.17, 15) is 9.18 Å². The number of nitrogens with two attached hydrogens (primary N) is 1. The summed E-state index contributed by atoms with van der Waals surface area (Å²) in [7, 11) is 0. The quantitative estimate of drug-likeness (QED) is 0.283.